The molecule has 88 valence electrons. The maximum absolute atomic E-state index is 2.52. The van der Waals surface area contributed by atoms with Crippen LogP contribution in [0.1, 0.15) is 35.1 Å². The van der Waals surface area contributed by atoms with Crippen LogP contribution in [0.2, 0.25) is 19.6 Å². The summed E-state index contributed by atoms with van der Waals surface area (Å²) in [6.07, 6.45) is 5.49. The van der Waals surface area contributed by atoms with E-state index < -0.39 is 8.07 Å². The Morgan fingerprint density at radius 1 is 1.19 bits per heavy atom. The van der Waals surface area contributed by atoms with Crippen LogP contribution < -0.4 is 0 Å². The van der Waals surface area contributed by atoms with Crippen molar-refractivity contribution in [3.05, 3.63) is 28.3 Å². The van der Waals surface area contributed by atoms with Crippen LogP contribution in [-0.2, 0) is 40.6 Å². The molecule has 16 heavy (non-hydrogen) atoms. The predicted octanol–water partition coefficient (Wildman–Crippen LogP) is 4.01. The second-order valence-corrected chi connectivity index (χ2v) is 11.7. The van der Waals surface area contributed by atoms with Gasteiger partial charge >= 0.3 is 0 Å². The third kappa shape index (κ3) is 3.15. The van der Waals surface area contributed by atoms with E-state index in [0.717, 1.165) is 0 Å². The SMILES string of the molecule is C[c-]1c(C[Si](C)(C)C)cc2c1CCCC2.[Ti]. The van der Waals surface area contributed by atoms with Crippen LogP contribution in [0, 0.1) is 6.92 Å². The Balaban J connectivity index is 0.00000128. The molecule has 0 atom stereocenters. The largest absolute Gasteiger partial charge is 0.207 e. The standard InChI is InChI=1S/C14H23Si.Ti/c1-11-13(10-15(2,3)4)9-12-7-5-6-8-14(11)12;/h9H,5-8,10H2,1-4H3;/q-1;. The maximum atomic E-state index is 2.52. The summed E-state index contributed by atoms with van der Waals surface area (Å²) in [6, 6.07) is 3.88. The molecule has 0 aromatic heterocycles. The van der Waals surface area contributed by atoms with Crippen molar-refractivity contribution in [1.29, 1.82) is 0 Å². The Morgan fingerprint density at radius 2 is 1.81 bits per heavy atom. The molecule has 0 unspecified atom stereocenters. The zero-order valence-corrected chi connectivity index (χ0v) is 13.7. The van der Waals surface area contributed by atoms with Gasteiger partial charge in [0.1, 0.15) is 0 Å². The third-order valence-electron chi connectivity index (χ3n) is 3.51. The molecule has 1 aliphatic carbocycles. The van der Waals surface area contributed by atoms with Crippen molar-refractivity contribution >= 4 is 8.07 Å². The maximum Gasteiger partial charge on any atom is 0.0465 e. The molecule has 0 radical (unpaired) electrons. The van der Waals surface area contributed by atoms with Crippen molar-refractivity contribution < 1.29 is 21.7 Å². The van der Waals surface area contributed by atoms with Crippen molar-refractivity contribution in [3.63, 3.8) is 0 Å². The van der Waals surface area contributed by atoms with Crippen LogP contribution in [0.15, 0.2) is 6.07 Å². The van der Waals surface area contributed by atoms with Gasteiger partial charge in [-0.05, 0) is 0 Å². The van der Waals surface area contributed by atoms with E-state index in [2.05, 4.69) is 32.6 Å². The van der Waals surface area contributed by atoms with Gasteiger partial charge in [0.25, 0.3) is 0 Å². The minimum atomic E-state index is -0.944. The van der Waals surface area contributed by atoms with Gasteiger partial charge in [-0.3, -0.25) is 0 Å². The zero-order valence-electron chi connectivity index (χ0n) is 11.1. The molecule has 0 fully saturated rings. The molecule has 0 bridgehead atoms. The Bertz CT molecular complexity index is 358. The van der Waals surface area contributed by atoms with Gasteiger partial charge in [0.2, 0.25) is 0 Å². The molecule has 1 aromatic rings. The molecule has 0 N–H and O–H groups in total. The fraction of sp³-hybridized carbons (Fsp3) is 0.643. The van der Waals surface area contributed by atoms with Crippen LogP contribution in [-0.4, -0.2) is 8.07 Å². The molecule has 0 saturated carbocycles. The van der Waals surface area contributed by atoms with E-state index in [1.54, 1.807) is 22.3 Å². The van der Waals surface area contributed by atoms with Gasteiger partial charge in [-0.25, -0.2) is 6.07 Å². The van der Waals surface area contributed by atoms with Crippen LogP contribution >= 0.6 is 0 Å². The topological polar surface area (TPSA) is 0 Å². The summed E-state index contributed by atoms with van der Waals surface area (Å²) in [4.78, 5) is 0. The van der Waals surface area contributed by atoms with Crippen molar-refractivity contribution in [2.24, 2.45) is 0 Å². The second kappa shape index (κ2) is 5.29. The summed E-state index contributed by atoms with van der Waals surface area (Å²) in [5, 5.41) is 0. The summed E-state index contributed by atoms with van der Waals surface area (Å²) in [5.41, 5.74) is 6.68. The summed E-state index contributed by atoms with van der Waals surface area (Å²) in [7, 11) is -0.944. The van der Waals surface area contributed by atoms with E-state index in [1.165, 1.54) is 31.7 Å². The van der Waals surface area contributed by atoms with Gasteiger partial charge in [-0.15, -0.1) is 0 Å². The smallest absolute Gasteiger partial charge is 0.0465 e. The Morgan fingerprint density at radius 3 is 2.38 bits per heavy atom. The molecule has 1 aromatic carbocycles. The number of hydrogen-bond donors (Lipinski definition) is 0. The molecular weight excluding hydrogens is 244 g/mol. The summed E-state index contributed by atoms with van der Waals surface area (Å²) >= 11 is 0. The monoisotopic (exact) mass is 267 g/mol. The van der Waals surface area contributed by atoms with Crippen molar-refractivity contribution in [2.75, 3.05) is 0 Å². The van der Waals surface area contributed by atoms with Crippen LogP contribution in [0.5, 0.6) is 0 Å². The van der Waals surface area contributed by atoms with E-state index in [1.807, 2.05) is 0 Å². The van der Waals surface area contributed by atoms with Gasteiger partial charge in [0.05, 0.1) is 0 Å². The number of aryl methyl sites for hydroxylation is 1. The number of hydrogen-bond acceptors (Lipinski definition) is 0. The van der Waals surface area contributed by atoms with Gasteiger partial charge in [0, 0.05) is 29.8 Å². The van der Waals surface area contributed by atoms with E-state index in [4.69, 9.17) is 0 Å². The minimum Gasteiger partial charge on any atom is -0.207 e. The fourth-order valence-electron chi connectivity index (χ4n) is 2.78. The first-order valence-electron chi connectivity index (χ1n) is 6.24. The summed E-state index contributed by atoms with van der Waals surface area (Å²) in [6.45, 7) is 9.76. The molecule has 0 aliphatic heterocycles. The molecule has 1 aliphatic rings. The average Bonchev–Trinajstić information content (AvgIpc) is 2.42. The van der Waals surface area contributed by atoms with E-state index in [9.17, 15) is 0 Å². The van der Waals surface area contributed by atoms with Crippen LogP contribution in [0.25, 0.3) is 0 Å². The number of fused-ring (bicyclic) bond motifs is 1. The normalized spacial score (nSPS) is 15.5. The van der Waals surface area contributed by atoms with Crippen molar-refractivity contribution in [2.45, 2.75) is 58.3 Å². The molecule has 2 rings (SSSR count). The zero-order chi connectivity index (χ0) is 11.1. The fourth-order valence-corrected chi connectivity index (χ4v) is 4.29. The molecule has 0 amide bonds. The number of rotatable bonds is 2. The Kier molecular flexibility index (Phi) is 4.74. The van der Waals surface area contributed by atoms with Gasteiger partial charge in [-0.1, -0.05) is 58.3 Å². The summed E-state index contributed by atoms with van der Waals surface area (Å²) in [5.74, 6) is 0. The van der Waals surface area contributed by atoms with Crippen molar-refractivity contribution in [3.8, 4) is 0 Å². The molecule has 0 nitrogen and oxygen atoms in total. The van der Waals surface area contributed by atoms with Crippen LogP contribution in [0.3, 0.4) is 0 Å². The first-order valence-corrected chi connectivity index (χ1v) is 9.95. The van der Waals surface area contributed by atoms with Crippen LogP contribution in [0.4, 0.5) is 0 Å². The second-order valence-electron chi connectivity index (χ2n) is 6.24. The predicted molar refractivity (Wildman–Crippen MR) is 70.5 cm³/mol. The molecule has 0 saturated heterocycles. The molecule has 0 heterocycles. The third-order valence-corrected chi connectivity index (χ3v) is 4.96. The van der Waals surface area contributed by atoms with E-state index >= 15 is 0 Å². The van der Waals surface area contributed by atoms with Gasteiger partial charge < -0.3 is 0 Å². The molecule has 2 heteroatoms. The molecule has 0 spiro atoms. The van der Waals surface area contributed by atoms with E-state index in [-0.39, 0.29) is 21.7 Å². The Labute approximate surface area is 116 Å². The summed E-state index contributed by atoms with van der Waals surface area (Å²) < 4.78 is 0. The Hall–Kier alpha value is 0.281. The average molecular weight is 267 g/mol. The quantitative estimate of drug-likeness (QED) is 0.561. The first-order chi connectivity index (χ1) is 6.97. The van der Waals surface area contributed by atoms with Gasteiger partial charge in [-0.2, -0.15) is 22.3 Å². The molecular formula is C14H23SiTi-. The minimum absolute atomic E-state index is 0. The van der Waals surface area contributed by atoms with E-state index in [0.29, 0.717) is 0 Å². The first kappa shape index (κ1) is 14.3. The van der Waals surface area contributed by atoms with Crippen molar-refractivity contribution in [1.82, 2.24) is 0 Å². The van der Waals surface area contributed by atoms with Gasteiger partial charge in [0.15, 0.2) is 0 Å².